The number of benzene rings is 1. The molecule has 94 valence electrons. The number of aromatic amines is 1. The minimum absolute atomic E-state index is 0.0970. The van der Waals surface area contributed by atoms with Crippen LogP contribution in [0, 0.1) is 0 Å². The van der Waals surface area contributed by atoms with Crippen molar-refractivity contribution in [1.82, 2.24) is 9.97 Å². The average Bonchev–Trinajstić information content (AvgIpc) is 2.85. The second kappa shape index (κ2) is 5.35. The number of rotatable bonds is 5. The molecule has 1 aromatic carbocycles. The van der Waals surface area contributed by atoms with E-state index in [0.29, 0.717) is 12.2 Å². The van der Waals surface area contributed by atoms with E-state index < -0.39 is 5.97 Å². The summed E-state index contributed by atoms with van der Waals surface area (Å²) in [5.41, 5.74) is 1.73. The number of aryl methyl sites for hydroxylation is 1. The number of nitrogens with zero attached hydrogens (tertiary/aromatic N) is 1. The smallest absolute Gasteiger partial charge is 0.303 e. The normalized spacial score (nSPS) is 10.3. The van der Waals surface area contributed by atoms with Crippen molar-refractivity contribution in [3.8, 4) is 17.1 Å². The molecule has 0 saturated heterocycles. The molecule has 0 spiro atoms. The zero-order valence-electron chi connectivity index (χ0n) is 10.0. The van der Waals surface area contributed by atoms with Crippen LogP contribution in [0.4, 0.5) is 0 Å². The maximum atomic E-state index is 10.5. The summed E-state index contributed by atoms with van der Waals surface area (Å²) in [6.45, 7) is 0. The Morgan fingerprint density at radius 3 is 3.06 bits per heavy atom. The van der Waals surface area contributed by atoms with Gasteiger partial charge in [-0.3, -0.25) is 4.79 Å². The highest BCUT2D eigenvalue weighted by atomic mass is 16.5. The fourth-order valence-corrected chi connectivity index (χ4v) is 1.64. The number of H-pyrrole nitrogens is 1. The molecule has 1 heterocycles. The first kappa shape index (κ1) is 12.2. The van der Waals surface area contributed by atoms with Crippen molar-refractivity contribution in [2.24, 2.45) is 0 Å². The summed E-state index contributed by atoms with van der Waals surface area (Å²) in [5, 5.41) is 8.62. The van der Waals surface area contributed by atoms with Gasteiger partial charge in [0.25, 0.3) is 0 Å². The molecule has 0 radical (unpaired) electrons. The number of ether oxygens (including phenoxy) is 1. The van der Waals surface area contributed by atoms with Crippen LogP contribution in [-0.4, -0.2) is 28.2 Å². The highest BCUT2D eigenvalue weighted by molar-refractivity contribution is 5.67. The van der Waals surface area contributed by atoms with Crippen molar-refractivity contribution in [3.05, 3.63) is 36.2 Å². The van der Waals surface area contributed by atoms with E-state index in [2.05, 4.69) is 9.97 Å². The van der Waals surface area contributed by atoms with Crippen molar-refractivity contribution >= 4 is 5.97 Å². The van der Waals surface area contributed by atoms with Crippen LogP contribution < -0.4 is 4.74 Å². The first-order chi connectivity index (χ1) is 8.69. The van der Waals surface area contributed by atoms with E-state index in [1.807, 2.05) is 24.3 Å². The van der Waals surface area contributed by atoms with Gasteiger partial charge < -0.3 is 14.8 Å². The van der Waals surface area contributed by atoms with Crippen LogP contribution in [0.25, 0.3) is 11.4 Å². The number of hydrogen-bond donors (Lipinski definition) is 2. The van der Waals surface area contributed by atoms with Gasteiger partial charge in [-0.15, -0.1) is 0 Å². The molecule has 0 unspecified atom stereocenters. The first-order valence-corrected chi connectivity index (χ1v) is 5.59. The molecule has 0 aliphatic heterocycles. The van der Waals surface area contributed by atoms with Crippen LogP contribution in [0.2, 0.25) is 0 Å². The minimum Gasteiger partial charge on any atom is -0.497 e. The second-order valence-electron chi connectivity index (χ2n) is 3.88. The minimum atomic E-state index is -0.812. The van der Waals surface area contributed by atoms with E-state index >= 15 is 0 Å². The third kappa shape index (κ3) is 2.88. The SMILES string of the molecule is COc1cccc(-c2ncc(CCC(=O)O)[nH]2)c1. The summed E-state index contributed by atoms with van der Waals surface area (Å²) < 4.78 is 5.14. The fraction of sp³-hybridized carbons (Fsp3) is 0.231. The number of imidazole rings is 1. The average molecular weight is 246 g/mol. The first-order valence-electron chi connectivity index (χ1n) is 5.59. The number of carboxylic acid groups (broad SMARTS) is 1. The van der Waals surface area contributed by atoms with Gasteiger partial charge >= 0.3 is 5.97 Å². The molecule has 0 aliphatic rings. The van der Waals surface area contributed by atoms with Crippen LogP contribution in [0.15, 0.2) is 30.5 Å². The largest absolute Gasteiger partial charge is 0.497 e. The lowest BCUT2D eigenvalue weighted by Gasteiger charge is -2.01. The summed E-state index contributed by atoms with van der Waals surface area (Å²) in [6, 6.07) is 7.54. The summed E-state index contributed by atoms with van der Waals surface area (Å²) >= 11 is 0. The molecule has 18 heavy (non-hydrogen) atoms. The number of aliphatic carboxylic acids is 1. The molecule has 0 bridgehead atoms. The Hall–Kier alpha value is -2.30. The van der Waals surface area contributed by atoms with Crippen LogP contribution in [-0.2, 0) is 11.2 Å². The van der Waals surface area contributed by atoms with Crippen molar-refractivity contribution < 1.29 is 14.6 Å². The maximum Gasteiger partial charge on any atom is 0.303 e. The molecule has 2 rings (SSSR count). The molecule has 2 aromatic rings. The van der Waals surface area contributed by atoms with Crippen molar-refractivity contribution in [2.75, 3.05) is 7.11 Å². The Morgan fingerprint density at radius 1 is 1.50 bits per heavy atom. The van der Waals surface area contributed by atoms with E-state index in [1.165, 1.54) is 0 Å². The maximum absolute atomic E-state index is 10.5. The van der Waals surface area contributed by atoms with Crippen LogP contribution in [0.1, 0.15) is 12.1 Å². The van der Waals surface area contributed by atoms with Gasteiger partial charge in [0.05, 0.1) is 13.5 Å². The zero-order valence-corrected chi connectivity index (χ0v) is 10.0. The van der Waals surface area contributed by atoms with Gasteiger partial charge in [-0.25, -0.2) is 4.98 Å². The number of carbonyl (C=O) groups is 1. The zero-order chi connectivity index (χ0) is 13.0. The lowest BCUT2D eigenvalue weighted by atomic mass is 10.2. The highest BCUT2D eigenvalue weighted by Crippen LogP contribution is 2.21. The molecular weight excluding hydrogens is 232 g/mol. The third-order valence-corrected chi connectivity index (χ3v) is 2.58. The van der Waals surface area contributed by atoms with Crippen LogP contribution >= 0.6 is 0 Å². The quantitative estimate of drug-likeness (QED) is 0.847. The van der Waals surface area contributed by atoms with Crippen molar-refractivity contribution in [2.45, 2.75) is 12.8 Å². The Kier molecular flexibility index (Phi) is 3.62. The number of hydrogen-bond acceptors (Lipinski definition) is 3. The van der Waals surface area contributed by atoms with Gasteiger partial charge in [0.1, 0.15) is 11.6 Å². The number of methoxy groups -OCH3 is 1. The standard InChI is InChI=1S/C13H14N2O3/c1-18-11-4-2-3-9(7-11)13-14-8-10(15-13)5-6-12(16)17/h2-4,7-8H,5-6H2,1H3,(H,14,15)(H,16,17). The van der Waals surface area contributed by atoms with Crippen molar-refractivity contribution in [3.63, 3.8) is 0 Å². The third-order valence-electron chi connectivity index (χ3n) is 2.58. The van der Waals surface area contributed by atoms with Crippen LogP contribution in [0.3, 0.4) is 0 Å². The molecule has 5 heteroatoms. The van der Waals surface area contributed by atoms with E-state index in [4.69, 9.17) is 9.84 Å². The monoisotopic (exact) mass is 246 g/mol. The predicted molar refractivity (Wildman–Crippen MR) is 66.5 cm³/mol. The van der Waals surface area contributed by atoms with Gasteiger partial charge in [0.15, 0.2) is 0 Å². The van der Waals surface area contributed by atoms with Gasteiger partial charge in [-0.1, -0.05) is 12.1 Å². The van der Waals surface area contributed by atoms with Gasteiger partial charge in [0, 0.05) is 17.5 Å². The second-order valence-corrected chi connectivity index (χ2v) is 3.88. The Morgan fingerprint density at radius 2 is 2.33 bits per heavy atom. The van der Waals surface area contributed by atoms with E-state index in [1.54, 1.807) is 13.3 Å². The molecule has 0 atom stereocenters. The molecule has 1 aromatic heterocycles. The van der Waals surface area contributed by atoms with E-state index in [-0.39, 0.29) is 6.42 Å². The molecule has 5 nitrogen and oxygen atoms in total. The molecule has 0 amide bonds. The summed E-state index contributed by atoms with van der Waals surface area (Å²) in [6.07, 6.45) is 2.21. The Balaban J connectivity index is 2.15. The fourth-order valence-electron chi connectivity index (χ4n) is 1.64. The molecule has 0 saturated carbocycles. The Bertz CT molecular complexity index is 549. The summed E-state index contributed by atoms with van der Waals surface area (Å²) in [7, 11) is 1.61. The van der Waals surface area contributed by atoms with Gasteiger partial charge in [-0.2, -0.15) is 0 Å². The van der Waals surface area contributed by atoms with E-state index in [0.717, 1.165) is 17.0 Å². The molecular formula is C13H14N2O3. The predicted octanol–water partition coefficient (Wildman–Crippen LogP) is 2.10. The summed E-state index contributed by atoms with van der Waals surface area (Å²) in [4.78, 5) is 17.8. The lowest BCUT2D eigenvalue weighted by molar-refractivity contribution is -0.136. The van der Waals surface area contributed by atoms with Gasteiger partial charge in [0.2, 0.25) is 0 Å². The van der Waals surface area contributed by atoms with Crippen molar-refractivity contribution in [1.29, 1.82) is 0 Å². The number of aromatic nitrogens is 2. The Labute approximate surface area is 104 Å². The lowest BCUT2D eigenvalue weighted by Crippen LogP contribution is -1.97. The van der Waals surface area contributed by atoms with Crippen LogP contribution in [0.5, 0.6) is 5.75 Å². The molecule has 0 fully saturated rings. The number of nitrogens with one attached hydrogen (secondary N) is 1. The molecule has 2 N–H and O–H groups in total. The summed E-state index contributed by atoms with van der Waals surface area (Å²) in [5.74, 6) is 0.665. The highest BCUT2D eigenvalue weighted by Gasteiger charge is 2.06. The van der Waals surface area contributed by atoms with E-state index in [9.17, 15) is 4.79 Å². The number of carboxylic acids is 1. The topological polar surface area (TPSA) is 75.2 Å². The molecule has 0 aliphatic carbocycles. The van der Waals surface area contributed by atoms with Gasteiger partial charge in [-0.05, 0) is 18.6 Å².